The third-order valence-corrected chi connectivity index (χ3v) is 3.79. The van der Waals surface area contributed by atoms with Gasteiger partial charge in [0.1, 0.15) is 11.8 Å². The van der Waals surface area contributed by atoms with E-state index in [1.165, 1.54) is 0 Å². The lowest BCUT2D eigenvalue weighted by molar-refractivity contribution is -0.116. The monoisotopic (exact) mass is 282 g/mol. The lowest BCUT2D eigenvalue weighted by atomic mass is 10.1. The van der Waals surface area contributed by atoms with Crippen LogP contribution >= 0.6 is 0 Å². The number of anilines is 2. The minimum Gasteiger partial charge on any atom is -0.505 e. The SMILES string of the molecule is Cc1cc(C)c(O)c(NC(=O)C2Cc3ccccc3N2)c1. The molecule has 4 heteroatoms. The number of amides is 1. The number of hydrogen-bond donors (Lipinski definition) is 3. The van der Waals surface area contributed by atoms with Gasteiger partial charge in [-0.1, -0.05) is 24.3 Å². The molecule has 4 nitrogen and oxygen atoms in total. The van der Waals surface area contributed by atoms with E-state index in [2.05, 4.69) is 10.6 Å². The predicted octanol–water partition coefficient (Wildman–Crippen LogP) is 2.98. The van der Waals surface area contributed by atoms with Gasteiger partial charge in [0.15, 0.2) is 0 Å². The third-order valence-electron chi connectivity index (χ3n) is 3.79. The Morgan fingerprint density at radius 2 is 2.05 bits per heavy atom. The first-order valence-corrected chi connectivity index (χ1v) is 7.00. The van der Waals surface area contributed by atoms with Crippen LogP contribution < -0.4 is 10.6 Å². The number of carbonyl (C=O) groups is 1. The lowest BCUT2D eigenvalue weighted by Crippen LogP contribution is -2.32. The first-order chi connectivity index (χ1) is 10.0. The van der Waals surface area contributed by atoms with Crippen molar-refractivity contribution in [3.63, 3.8) is 0 Å². The molecule has 0 bridgehead atoms. The Labute approximate surface area is 123 Å². The Morgan fingerprint density at radius 3 is 2.81 bits per heavy atom. The van der Waals surface area contributed by atoms with Gasteiger partial charge < -0.3 is 15.7 Å². The average Bonchev–Trinajstić information content (AvgIpc) is 2.88. The van der Waals surface area contributed by atoms with Crippen molar-refractivity contribution in [1.29, 1.82) is 0 Å². The maximum atomic E-state index is 12.4. The van der Waals surface area contributed by atoms with Crippen LogP contribution in [0.2, 0.25) is 0 Å². The van der Waals surface area contributed by atoms with Crippen molar-refractivity contribution in [1.82, 2.24) is 0 Å². The molecular formula is C17H18N2O2. The summed E-state index contributed by atoms with van der Waals surface area (Å²) in [6.45, 7) is 3.76. The Bertz CT molecular complexity index is 685. The third kappa shape index (κ3) is 2.57. The van der Waals surface area contributed by atoms with E-state index >= 15 is 0 Å². The highest BCUT2D eigenvalue weighted by atomic mass is 16.3. The summed E-state index contributed by atoms with van der Waals surface area (Å²) in [6.07, 6.45) is 0.660. The number of rotatable bonds is 2. The second-order valence-electron chi connectivity index (χ2n) is 5.53. The number of carbonyl (C=O) groups excluding carboxylic acids is 1. The number of aryl methyl sites for hydroxylation is 2. The fourth-order valence-electron chi connectivity index (χ4n) is 2.73. The zero-order valence-electron chi connectivity index (χ0n) is 12.1. The molecule has 3 rings (SSSR count). The summed E-state index contributed by atoms with van der Waals surface area (Å²) in [5.74, 6) is -0.00374. The number of para-hydroxylation sites is 1. The Kier molecular flexibility index (Phi) is 3.29. The topological polar surface area (TPSA) is 61.4 Å². The second kappa shape index (κ2) is 5.13. The molecule has 0 aromatic heterocycles. The summed E-state index contributed by atoms with van der Waals surface area (Å²) in [5, 5.41) is 16.1. The van der Waals surface area contributed by atoms with Crippen LogP contribution in [0.4, 0.5) is 11.4 Å². The number of phenolic OH excluding ortho intramolecular Hbond substituents is 1. The van der Waals surface area contributed by atoms with E-state index in [0.717, 1.165) is 22.4 Å². The van der Waals surface area contributed by atoms with Crippen molar-refractivity contribution in [2.75, 3.05) is 10.6 Å². The Balaban J connectivity index is 1.77. The molecule has 0 radical (unpaired) electrons. The molecule has 0 spiro atoms. The van der Waals surface area contributed by atoms with E-state index in [4.69, 9.17) is 0 Å². The fraction of sp³-hybridized carbons (Fsp3) is 0.235. The van der Waals surface area contributed by atoms with Crippen LogP contribution in [0.3, 0.4) is 0 Å². The van der Waals surface area contributed by atoms with E-state index in [0.29, 0.717) is 12.1 Å². The van der Waals surface area contributed by atoms with Gasteiger partial charge in [0.05, 0.1) is 5.69 Å². The minimum atomic E-state index is -0.303. The molecule has 21 heavy (non-hydrogen) atoms. The molecule has 0 saturated carbocycles. The Morgan fingerprint density at radius 1 is 1.29 bits per heavy atom. The van der Waals surface area contributed by atoms with Crippen LogP contribution in [0.15, 0.2) is 36.4 Å². The van der Waals surface area contributed by atoms with Gasteiger partial charge in [0.2, 0.25) is 5.91 Å². The highest BCUT2D eigenvalue weighted by Crippen LogP contribution is 2.30. The van der Waals surface area contributed by atoms with Crippen molar-refractivity contribution < 1.29 is 9.90 Å². The van der Waals surface area contributed by atoms with E-state index in [-0.39, 0.29) is 17.7 Å². The first kappa shape index (κ1) is 13.5. The summed E-state index contributed by atoms with van der Waals surface area (Å²) < 4.78 is 0. The van der Waals surface area contributed by atoms with Crippen molar-refractivity contribution in [3.8, 4) is 5.75 Å². The molecule has 1 amide bonds. The fourth-order valence-corrected chi connectivity index (χ4v) is 2.73. The molecule has 2 aromatic rings. The number of nitrogens with one attached hydrogen (secondary N) is 2. The molecule has 1 aliphatic heterocycles. The van der Waals surface area contributed by atoms with Crippen LogP contribution in [-0.4, -0.2) is 17.1 Å². The van der Waals surface area contributed by atoms with Gasteiger partial charge in [0.25, 0.3) is 0 Å². The molecule has 1 unspecified atom stereocenters. The van der Waals surface area contributed by atoms with Crippen molar-refractivity contribution in [2.24, 2.45) is 0 Å². The normalized spacial score (nSPS) is 16.2. The van der Waals surface area contributed by atoms with E-state index in [1.807, 2.05) is 44.2 Å². The largest absolute Gasteiger partial charge is 0.505 e. The average molecular weight is 282 g/mol. The van der Waals surface area contributed by atoms with E-state index < -0.39 is 0 Å². The standard InChI is InChI=1S/C17H18N2O2/c1-10-7-11(2)16(20)14(8-10)19-17(21)15-9-12-5-3-4-6-13(12)18-15/h3-8,15,18,20H,9H2,1-2H3,(H,19,21). The zero-order chi connectivity index (χ0) is 15.0. The van der Waals surface area contributed by atoms with Gasteiger partial charge >= 0.3 is 0 Å². The molecule has 1 aliphatic rings. The van der Waals surface area contributed by atoms with Crippen molar-refractivity contribution >= 4 is 17.3 Å². The van der Waals surface area contributed by atoms with Gasteiger partial charge in [0, 0.05) is 12.1 Å². The molecule has 1 heterocycles. The first-order valence-electron chi connectivity index (χ1n) is 7.00. The molecule has 0 aliphatic carbocycles. The predicted molar refractivity (Wildman–Crippen MR) is 83.8 cm³/mol. The Hall–Kier alpha value is -2.49. The molecule has 108 valence electrons. The lowest BCUT2D eigenvalue weighted by Gasteiger charge is -2.14. The summed E-state index contributed by atoms with van der Waals surface area (Å²) >= 11 is 0. The van der Waals surface area contributed by atoms with Gasteiger partial charge in [-0.25, -0.2) is 0 Å². The van der Waals surface area contributed by atoms with Crippen molar-refractivity contribution in [3.05, 3.63) is 53.1 Å². The highest BCUT2D eigenvalue weighted by Gasteiger charge is 2.26. The number of hydrogen-bond acceptors (Lipinski definition) is 3. The zero-order valence-corrected chi connectivity index (χ0v) is 12.1. The highest BCUT2D eigenvalue weighted by molar-refractivity contribution is 5.99. The molecule has 0 saturated heterocycles. The number of phenols is 1. The summed E-state index contributed by atoms with van der Waals surface area (Å²) in [6, 6.07) is 11.3. The number of aromatic hydroxyl groups is 1. The maximum absolute atomic E-state index is 12.4. The molecule has 0 fully saturated rings. The smallest absolute Gasteiger partial charge is 0.247 e. The van der Waals surface area contributed by atoms with Crippen LogP contribution in [0.25, 0.3) is 0 Å². The van der Waals surface area contributed by atoms with Crippen LogP contribution in [0, 0.1) is 13.8 Å². The van der Waals surface area contributed by atoms with E-state index in [9.17, 15) is 9.90 Å². The second-order valence-corrected chi connectivity index (χ2v) is 5.53. The number of benzene rings is 2. The van der Waals surface area contributed by atoms with Crippen LogP contribution in [-0.2, 0) is 11.2 Å². The van der Waals surface area contributed by atoms with Gasteiger partial charge in [-0.05, 0) is 42.7 Å². The number of fused-ring (bicyclic) bond motifs is 1. The van der Waals surface area contributed by atoms with Crippen LogP contribution in [0.5, 0.6) is 5.75 Å². The van der Waals surface area contributed by atoms with Crippen molar-refractivity contribution in [2.45, 2.75) is 26.3 Å². The van der Waals surface area contributed by atoms with Crippen LogP contribution in [0.1, 0.15) is 16.7 Å². The summed E-state index contributed by atoms with van der Waals surface area (Å²) in [5.41, 5.74) is 4.37. The van der Waals surface area contributed by atoms with E-state index in [1.54, 1.807) is 6.07 Å². The summed E-state index contributed by atoms with van der Waals surface area (Å²) in [7, 11) is 0. The molecule has 1 atom stereocenters. The minimum absolute atomic E-state index is 0.129. The van der Waals surface area contributed by atoms with Gasteiger partial charge in [-0.3, -0.25) is 4.79 Å². The molecular weight excluding hydrogens is 264 g/mol. The van der Waals surface area contributed by atoms with Gasteiger partial charge in [-0.15, -0.1) is 0 Å². The quantitative estimate of drug-likeness (QED) is 0.742. The maximum Gasteiger partial charge on any atom is 0.247 e. The molecule has 2 aromatic carbocycles. The summed E-state index contributed by atoms with van der Waals surface area (Å²) in [4.78, 5) is 12.4. The van der Waals surface area contributed by atoms with Gasteiger partial charge in [-0.2, -0.15) is 0 Å². The molecule has 3 N–H and O–H groups in total.